The van der Waals surface area contributed by atoms with E-state index in [2.05, 4.69) is 33.8 Å². The van der Waals surface area contributed by atoms with Gasteiger partial charge in [-0.3, -0.25) is 14.4 Å². The third-order valence-electron chi connectivity index (χ3n) is 4.59. The predicted molar refractivity (Wildman–Crippen MR) is 120 cm³/mol. The number of thiazole rings is 1. The van der Waals surface area contributed by atoms with Gasteiger partial charge in [0.1, 0.15) is 0 Å². The van der Waals surface area contributed by atoms with Gasteiger partial charge < -0.3 is 5.32 Å². The normalized spacial score (nSPS) is 11.4. The van der Waals surface area contributed by atoms with Gasteiger partial charge in [-0.2, -0.15) is 0 Å². The van der Waals surface area contributed by atoms with Crippen LogP contribution in [0.5, 0.6) is 0 Å². The minimum atomic E-state index is -3.72. The molecule has 0 aliphatic heterocycles. The molecule has 0 spiro atoms. The lowest BCUT2D eigenvalue weighted by atomic mass is 10.1. The molecule has 2 N–H and O–H groups in total. The van der Waals surface area contributed by atoms with Crippen LogP contribution in [-0.2, 0) is 16.6 Å². The van der Waals surface area contributed by atoms with Crippen LogP contribution in [0, 0.1) is 0 Å². The fourth-order valence-electron chi connectivity index (χ4n) is 2.84. The highest BCUT2D eigenvalue weighted by atomic mass is 32.2. The van der Waals surface area contributed by atoms with Crippen LogP contribution >= 0.6 is 11.3 Å². The van der Waals surface area contributed by atoms with E-state index in [0.29, 0.717) is 16.4 Å². The Balaban J connectivity index is 1.63. The molecule has 2 aromatic carbocycles. The molecule has 1 amide bonds. The van der Waals surface area contributed by atoms with Gasteiger partial charge in [-0.1, -0.05) is 26.0 Å². The van der Waals surface area contributed by atoms with E-state index in [-0.39, 0.29) is 10.8 Å². The molecule has 0 aliphatic carbocycles. The van der Waals surface area contributed by atoms with Crippen molar-refractivity contribution in [3.8, 4) is 0 Å². The second kappa shape index (κ2) is 9.84. The van der Waals surface area contributed by atoms with Gasteiger partial charge in [-0.05, 0) is 55.1 Å². The molecule has 0 bridgehead atoms. The summed E-state index contributed by atoms with van der Waals surface area (Å²) in [6, 6.07) is 13.5. The third-order valence-corrected chi connectivity index (χ3v) is 6.77. The lowest BCUT2D eigenvalue weighted by Crippen LogP contribution is -2.22. The molecule has 1 heterocycles. The van der Waals surface area contributed by atoms with Gasteiger partial charge in [0.05, 0.1) is 4.90 Å². The van der Waals surface area contributed by atoms with Crippen LogP contribution in [0.25, 0.3) is 0 Å². The Morgan fingerprint density at radius 2 is 1.70 bits per heavy atom. The largest absolute Gasteiger partial charge is 0.322 e. The van der Waals surface area contributed by atoms with Crippen LogP contribution in [-0.4, -0.2) is 37.3 Å². The van der Waals surface area contributed by atoms with Gasteiger partial charge in [0.15, 0.2) is 5.13 Å². The zero-order chi connectivity index (χ0) is 21.6. The van der Waals surface area contributed by atoms with E-state index in [4.69, 9.17) is 0 Å². The first-order valence-corrected chi connectivity index (χ1v) is 11.9. The van der Waals surface area contributed by atoms with E-state index in [1.807, 2.05) is 12.1 Å². The Morgan fingerprint density at radius 1 is 1.03 bits per heavy atom. The van der Waals surface area contributed by atoms with E-state index in [0.717, 1.165) is 25.2 Å². The molecule has 0 saturated carbocycles. The number of nitrogens with one attached hydrogen (secondary N) is 2. The number of amides is 1. The molecule has 9 heteroatoms. The van der Waals surface area contributed by atoms with Crippen molar-refractivity contribution in [1.29, 1.82) is 0 Å². The molecule has 1 aromatic heterocycles. The molecule has 158 valence electrons. The fourth-order valence-corrected chi connectivity index (χ4v) is 4.62. The van der Waals surface area contributed by atoms with Crippen LogP contribution in [0.15, 0.2) is 65.0 Å². The summed E-state index contributed by atoms with van der Waals surface area (Å²) in [4.78, 5) is 18.8. The summed E-state index contributed by atoms with van der Waals surface area (Å²) in [5.74, 6) is -0.249. The first kappa shape index (κ1) is 21.9. The number of carbonyl (C=O) groups excluding carboxylic acids is 1. The Hall–Kier alpha value is -2.75. The molecule has 0 radical (unpaired) electrons. The summed E-state index contributed by atoms with van der Waals surface area (Å²) in [5.41, 5.74) is 2.21. The Kier molecular flexibility index (Phi) is 7.20. The second-order valence-corrected chi connectivity index (χ2v) is 9.16. The molecular weight excluding hydrogens is 420 g/mol. The summed E-state index contributed by atoms with van der Waals surface area (Å²) in [5, 5.41) is 4.78. The molecule has 3 aromatic rings. The first-order valence-electron chi connectivity index (χ1n) is 9.56. The van der Waals surface area contributed by atoms with E-state index >= 15 is 0 Å². The number of nitrogens with zero attached hydrogens (tertiary/aromatic N) is 2. The minimum Gasteiger partial charge on any atom is -0.322 e. The summed E-state index contributed by atoms with van der Waals surface area (Å²) in [6.07, 6.45) is 1.53. The lowest BCUT2D eigenvalue weighted by molar-refractivity contribution is 0.102. The van der Waals surface area contributed by atoms with Gasteiger partial charge in [-0.15, -0.1) is 11.3 Å². The monoisotopic (exact) mass is 444 g/mol. The molecule has 0 saturated heterocycles. The summed E-state index contributed by atoms with van der Waals surface area (Å²) in [7, 11) is -3.72. The van der Waals surface area contributed by atoms with Gasteiger partial charge in [-0.25, -0.2) is 13.4 Å². The summed E-state index contributed by atoms with van der Waals surface area (Å²) < 4.78 is 27.2. The highest BCUT2D eigenvalue weighted by molar-refractivity contribution is 7.93. The maximum Gasteiger partial charge on any atom is 0.263 e. The van der Waals surface area contributed by atoms with Crippen LogP contribution in [0.4, 0.5) is 10.8 Å². The van der Waals surface area contributed by atoms with Gasteiger partial charge in [0.25, 0.3) is 15.9 Å². The maximum atomic E-state index is 12.5. The topological polar surface area (TPSA) is 91.4 Å². The number of aromatic nitrogens is 1. The molecule has 0 fully saturated rings. The highest BCUT2D eigenvalue weighted by Gasteiger charge is 2.15. The SMILES string of the molecule is CCN(CC)Cc1ccc(C(=O)Nc2ccc(S(=O)(=O)Nc3nccs3)cc2)cc1. The number of hydrogen-bond donors (Lipinski definition) is 2. The average molecular weight is 445 g/mol. The zero-order valence-electron chi connectivity index (χ0n) is 16.8. The average Bonchev–Trinajstić information content (AvgIpc) is 3.25. The van der Waals surface area contributed by atoms with Crippen molar-refractivity contribution in [1.82, 2.24) is 9.88 Å². The summed E-state index contributed by atoms with van der Waals surface area (Å²) >= 11 is 1.20. The van der Waals surface area contributed by atoms with Crippen molar-refractivity contribution < 1.29 is 13.2 Å². The van der Waals surface area contributed by atoms with Gasteiger partial charge >= 0.3 is 0 Å². The molecule has 3 rings (SSSR count). The summed E-state index contributed by atoms with van der Waals surface area (Å²) in [6.45, 7) is 7.04. The molecule has 30 heavy (non-hydrogen) atoms. The quantitative estimate of drug-likeness (QED) is 0.520. The zero-order valence-corrected chi connectivity index (χ0v) is 18.5. The van der Waals surface area contributed by atoms with Crippen molar-refractivity contribution in [3.63, 3.8) is 0 Å². The van der Waals surface area contributed by atoms with Crippen molar-refractivity contribution in [3.05, 3.63) is 71.2 Å². The van der Waals surface area contributed by atoms with Crippen molar-refractivity contribution in [2.75, 3.05) is 23.1 Å². The van der Waals surface area contributed by atoms with E-state index in [1.54, 1.807) is 29.6 Å². The van der Waals surface area contributed by atoms with Crippen LogP contribution in [0.2, 0.25) is 0 Å². The molecular formula is C21H24N4O3S2. The molecule has 7 nitrogen and oxygen atoms in total. The standard InChI is InChI=1S/C21H24N4O3S2/c1-3-25(4-2)15-16-5-7-17(8-6-16)20(26)23-18-9-11-19(12-10-18)30(27,28)24-21-22-13-14-29-21/h5-14H,3-4,15H2,1-2H3,(H,22,24)(H,23,26). The van der Waals surface area contributed by atoms with Gasteiger partial charge in [0, 0.05) is 29.4 Å². The third kappa shape index (κ3) is 5.65. The van der Waals surface area contributed by atoms with Gasteiger partial charge in [0.2, 0.25) is 0 Å². The number of rotatable bonds is 9. The number of sulfonamides is 1. The van der Waals surface area contributed by atoms with Crippen molar-refractivity contribution in [2.45, 2.75) is 25.3 Å². The van der Waals surface area contributed by atoms with Crippen LogP contribution < -0.4 is 10.0 Å². The number of carbonyl (C=O) groups is 1. The molecule has 0 unspecified atom stereocenters. The maximum absolute atomic E-state index is 12.5. The fraction of sp³-hybridized carbons (Fsp3) is 0.238. The Bertz CT molecular complexity index is 1060. The highest BCUT2D eigenvalue weighted by Crippen LogP contribution is 2.20. The van der Waals surface area contributed by atoms with Crippen molar-refractivity contribution >= 4 is 38.1 Å². The lowest BCUT2D eigenvalue weighted by Gasteiger charge is -2.18. The smallest absolute Gasteiger partial charge is 0.263 e. The second-order valence-electron chi connectivity index (χ2n) is 6.58. The molecule has 0 aliphatic rings. The number of anilines is 2. The van der Waals surface area contributed by atoms with E-state index in [9.17, 15) is 13.2 Å². The van der Waals surface area contributed by atoms with E-state index < -0.39 is 10.0 Å². The Morgan fingerprint density at radius 3 is 2.27 bits per heavy atom. The number of benzene rings is 2. The minimum absolute atomic E-state index is 0.0939. The Labute approximate surface area is 180 Å². The molecule has 0 atom stereocenters. The predicted octanol–water partition coefficient (Wildman–Crippen LogP) is 4.04. The first-order chi connectivity index (χ1) is 14.4. The van der Waals surface area contributed by atoms with Crippen molar-refractivity contribution in [2.24, 2.45) is 0 Å². The van der Waals surface area contributed by atoms with Crippen LogP contribution in [0.1, 0.15) is 29.8 Å². The van der Waals surface area contributed by atoms with E-state index in [1.165, 1.54) is 29.7 Å². The van der Waals surface area contributed by atoms with Crippen LogP contribution in [0.3, 0.4) is 0 Å². The number of hydrogen-bond acceptors (Lipinski definition) is 6.